The van der Waals surface area contributed by atoms with Crippen LogP contribution < -0.4 is 108 Å². The summed E-state index contributed by atoms with van der Waals surface area (Å²) >= 11 is 8.67. The molecule has 4 aromatic carbocycles. The number of unbranched alkanes of at least 4 members (excludes halogenated alkanes) is 1. The number of rotatable bonds is 63. The summed E-state index contributed by atoms with van der Waals surface area (Å²) in [7, 11) is 0. The number of nitrogens with two attached hydrogens (primary N) is 5. The number of carboxylic acids is 3. The molecule has 150 heavy (non-hydrogen) atoms. The molecule has 8 aromatic rings. The van der Waals surface area contributed by atoms with Crippen LogP contribution in [0.2, 0.25) is 0 Å². The number of primary amides is 3. The molecule has 18 amide bonds. The molecule has 48 nitrogen and oxygen atoms in total. The summed E-state index contributed by atoms with van der Waals surface area (Å²) in [4.78, 5) is 307. The fourth-order valence-electron chi connectivity index (χ4n) is 16.8. The van der Waals surface area contributed by atoms with Gasteiger partial charge in [0.25, 0.3) is 0 Å². The molecule has 0 saturated carbocycles. The molecule has 50 heteroatoms. The van der Waals surface area contributed by atoms with E-state index in [9.17, 15) is 82.4 Å². The summed E-state index contributed by atoms with van der Waals surface area (Å²) in [5, 5.41) is 69.7. The standard InChI is InChI=1S/C100H136N24O24S2/c1-48(2)33-68(114-90(137)69(35-52-42-106-61-23-13-9-19-56(52)61)116-88(135)67(29-31-81(128)129)112-96(143)77(47-150)122-99(146)84(51(7)8)123-94(141)72(113-85(132)60(102)39-82(130)131)38-55-45-109-64-26-16-12-22-59(55)64)89(136)110-65(27-17-18-32-101)86(133)118-73(40-79(104)126)93(140)111-66(28-30-78(103)125)87(134)115-70(36-53-43-107-62-24-14-10-20-57(53)62)91(138)117-71(37-54-44-108-63-25-15-11-21-58(54)63)92(139)121-76(46-149)97(144)119-74(41-80(105)127)95(142)124-83(50(5)6)98(145)120-75(100(147)148)34-49(3)4/h9-16,19-26,42-45,48-51,60,65-77,83-84,106-109,149-150H,17-18,27-41,46-47,101-102H2,1-8H3,(H2,103,125)(H2,104,126)(H2,105,127)(H,110,136)(H,111,140)(H,112,143)(H,113,132)(H,114,137)(H,115,134)(H,116,135)(H,117,138)(H,118,133)(H,119,144)(H,120,145)(H,121,139)(H,122,146)(H,123,141)(H,124,142)(H,128,129)(H,130,131)(H,147,148)/t60-,65-,66-,67-,68-,69-,70-,71-,72-,73-,74-,75-,76-,77-,83-,84-/m0/s1. The van der Waals surface area contributed by atoms with Gasteiger partial charge in [-0.1, -0.05) is 128 Å². The third kappa shape index (κ3) is 36.2. The maximum Gasteiger partial charge on any atom is 0.326 e. The number of thiol groups is 2. The van der Waals surface area contributed by atoms with Crippen molar-refractivity contribution in [3.05, 3.63) is 144 Å². The van der Waals surface area contributed by atoms with E-state index in [1.807, 2.05) is 0 Å². The number of carboxylic acid groups (broad SMARTS) is 3. The molecule has 8 rings (SSSR count). The average Bonchev–Trinajstić information content (AvgIpc) is 1.68. The Morgan fingerprint density at radius 1 is 0.293 bits per heavy atom. The highest BCUT2D eigenvalue weighted by atomic mass is 32.1. The molecule has 4 aromatic heterocycles. The molecule has 0 bridgehead atoms. The number of benzene rings is 4. The Morgan fingerprint density at radius 3 is 0.880 bits per heavy atom. The van der Waals surface area contributed by atoms with Gasteiger partial charge in [-0.15, -0.1) is 0 Å². The first kappa shape index (κ1) is 120. The number of aromatic nitrogens is 4. The topological polar surface area (TPSA) is 793 Å². The monoisotopic (exact) mass is 2120 g/mol. The lowest BCUT2D eigenvalue weighted by Crippen LogP contribution is -2.62. The van der Waals surface area contributed by atoms with E-state index in [1.54, 1.807) is 171 Å². The number of fused-ring (bicyclic) bond motifs is 4. The minimum atomic E-state index is -2.03. The van der Waals surface area contributed by atoms with Crippen molar-refractivity contribution in [3.8, 4) is 0 Å². The van der Waals surface area contributed by atoms with E-state index in [0.29, 0.717) is 65.9 Å². The number of para-hydroxylation sites is 4. The summed E-state index contributed by atoms with van der Waals surface area (Å²) in [5.74, 6) is -26.8. The number of aliphatic carboxylic acids is 3. The van der Waals surface area contributed by atoms with Crippen LogP contribution in [-0.2, 0) is 126 Å². The van der Waals surface area contributed by atoms with E-state index in [2.05, 4.69) is 125 Å². The van der Waals surface area contributed by atoms with Crippen molar-refractivity contribution in [2.45, 2.75) is 255 Å². The fourth-order valence-corrected chi connectivity index (χ4v) is 17.3. The van der Waals surface area contributed by atoms with Crippen molar-refractivity contribution >= 4 is 193 Å². The van der Waals surface area contributed by atoms with E-state index in [1.165, 1.54) is 6.20 Å². The lowest BCUT2D eigenvalue weighted by molar-refractivity contribution is -0.143. The molecule has 0 saturated heterocycles. The van der Waals surface area contributed by atoms with E-state index in [4.69, 9.17) is 28.7 Å². The molecule has 0 radical (unpaired) electrons. The predicted octanol–water partition coefficient (Wildman–Crippen LogP) is -1.69. The van der Waals surface area contributed by atoms with Crippen molar-refractivity contribution in [2.24, 2.45) is 52.3 Å². The zero-order valence-corrected chi connectivity index (χ0v) is 86.0. The smallest absolute Gasteiger partial charge is 0.326 e. The van der Waals surface area contributed by atoms with Crippen LogP contribution in [0.15, 0.2) is 122 Å². The van der Waals surface area contributed by atoms with Gasteiger partial charge in [0.1, 0.15) is 90.6 Å². The van der Waals surface area contributed by atoms with E-state index in [0.717, 1.165) is 0 Å². The number of H-pyrrole nitrogens is 4. The number of hydrogen-bond acceptors (Lipinski definition) is 25. The van der Waals surface area contributed by atoms with E-state index < -0.39 is 302 Å². The second-order valence-corrected chi connectivity index (χ2v) is 39.0. The van der Waals surface area contributed by atoms with Gasteiger partial charge in [0.15, 0.2) is 0 Å². The molecule has 0 spiro atoms. The molecule has 0 fully saturated rings. The van der Waals surface area contributed by atoms with Crippen LogP contribution in [0.25, 0.3) is 43.6 Å². The maximum absolute atomic E-state index is 15.5. The van der Waals surface area contributed by atoms with E-state index in [-0.39, 0.29) is 63.8 Å². The van der Waals surface area contributed by atoms with Gasteiger partial charge in [0.2, 0.25) is 106 Å². The van der Waals surface area contributed by atoms with Gasteiger partial charge in [-0.25, -0.2) is 4.79 Å². The zero-order chi connectivity index (χ0) is 111. The third-order valence-corrected chi connectivity index (χ3v) is 25.4. The summed E-state index contributed by atoms with van der Waals surface area (Å²) < 4.78 is 0. The normalized spacial score (nSPS) is 14.6. The minimum Gasteiger partial charge on any atom is -0.481 e. The van der Waals surface area contributed by atoms with Crippen molar-refractivity contribution in [1.29, 1.82) is 0 Å². The molecular weight excluding hydrogens is 1990 g/mol. The Kier molecular flexibility index (Phi) is 46.1. The number of hydrogen-bond donors (Lipinski definition) is 29. The fraction of sp³-hybridized carbons (Fsp3) is 0.470. The van der Waals surface area contributed by atoms with Gasteiger partial charge in [-0.3, -0.25) is 95.9 Å². The van der Waals surface area contributed by atoms with Gasteiger partial charge < -0.3 is 144 Å². The number of carbonyl (C=O) groups is 21. The first-order valence-corrected chi connectivity index (χ1v) is 50.3. The first-order valence-electron chi connectivity index (χ1n) is 49.0. The Labute approximate surface area is 873 Å². The third-order valence-electron chi connectivity index (χ3n) is 24.7. The summed E-state index contributed by atoms with van der Waals surface area (Å²) in [6, 6.07) is 0.826. The quantitative estimate of drug-likeness (QED) is 0.0149. The maximum atomic E-state index is 15.5. The summed E-state index contributed by atoms with van der Waals surface area (Å²) in [6.45, 7) is 13.1. The highest BCUT2D eigenvalue weighted by molar-refractivity contribution is 7.80. The largest absolute Gasteiger partial charge is 0.481 e. The van der Waals surface area contributed by atoms with Crippen LogP contribution in [0.4, 0.5) is 0 Å². The molecule has 0 aliphatic carbocycles. The molecule has 0 aliphatic rings. The Morgan fingerprint density at radius 2 is 0.560 bits per heavy atom. The number of nitrogens with one attached hydrogen (secondary N) is 19. The van der Waals surface area contributed by atoms with Crippen LogP contribution in [-0.4, -0.2) is 274 Å². The Balaban J connectivity index is 1.03. The number of aromatic amines is 4. The van der Waals surface area contributed by atoms with Crippen LogP contribution in [0.3, 0.4) is 0 Å². The van der Waals surface area contributed by atoms with Gasteiger partial charge in [-0.05, 0) is 122 Å². The van der Waals surface area contributed by atoms with Crippen LogP contribution >= 0.6 is 25.3 Å². The average molecular weight is 2120 g/mol. The molecular formula is C100H136N24O24S2. The lowest BCUT2D eigenvalue weighted by Gasteiger charge is -2.29. The van der Waals surface area contributed by atoms with Crippen LogP contribution in [0, 0.1) is 23.7 Å². The first-order chi connectivity index (χ1) is 71.1. The predicted molar refractivity (Wildman–Crippen MR) is 557 cm³/mol. The van der Waals surface area contributed by atoms with Gasteiger partial charge in [0.05, 0.1) is 25.3 Å². The SMILES string of the molecule is CC(C)C[C@H](NC(=O)[C@@H](NC(=O)[C@H](CC(N)=O)NC(=O)[C@H](CS)NC(=O)[C@H](Cc1c[nH]c2ccccc12)NC(=O)[C@H](Cc1c[nH]c2ccccc12)NC(=O)[C@H](CCC(N)=O)NC(=O)[C@H](CC(N)=O)NC(=O)[C@H](CCCCN)NC(=O)[C@H](CC(C)C)NC(=O)[C@H](Cc1c[nH]c2ccccc12)NC(=O)[C@H](CCC(=O)O)NC(=O)[C@H](CS)NC(=O)[C@@H](NC(=O)[C@H](Cc1c[nH]c2ccccc12)NC(=O)[C@@H](N)CC(=O)O)C(C)C)C(C)C)C(=O)O. The lowest BCUT2D eigenvalue weighted by atomic mass is 9.99. The molecule has 16 atom stereocenters. The van der Waals surface area contributed by atoms with Crippen molar-refractivity contribution in [2.75, 3.05) is 18.1 Å². The van der Waals surface area contributed by atoms with Crippen LogP contribution in [0.1, 0.15) is 155 Å². The Bertz CT molecular complexity index is 6180. The molecule has 0 aliphatic heterocycles. The second-order valence-electron chi connectivity index (χ2n) is 38.2. The van der Waals surface area contributed by atoms with E-state index >= 15 is 33.6 Å². The minimum absolute atomic E-state index is 0.0257. The van der Waals surface area contributed by atoms with Crippen molar-refractivity contribution in [3.63, 3.8) is 0 Å². The number of carbonyl (C=O) groups excluding carboxylic acids is 18. The highest BCUT2D eigenvalue weighted by Gasteiger charge is 2.42. The second kappa shape index (κ2) is 57.7. The van der Waals surface area contributed by atoms with Crippen molar-refractivity contribution in [1.82, 2.24) is 99.7 Å². The van der Waals surface area contributed by atoms with Crippen molar-refractivity contribution < 1.29 is 116 Å². The van der Waals surface area contributed by atoms with Gasteiger partial charge in [0, 0.05) is 118 Å². The molecule has 812 valence electrons. The Hall–Kier alpha value is -15.5. The summed E-state index contributed by atoms with van der Waals surface area (Å²) in [5.41, 5.74) is 33.0. The zero-order valence-electron chi connectivity index (χ0n) is 84.2. The molecule has 32 N–H and O–H groups in total. The van der Waals surface area contributed by atoms with Gasteiger partial charge in [-0.2, -0.15) is 25.3 Å². The van der Waals surface area contributed by atoms with Crippen LogP contribution in [0.5, 0.6) is 0 Å². The number of amides is 18. The summed E-state index contributed by atoms with van der Waals surface area (Å²) in [6.07, 6.45) is -0.521. The highest BCUT2D eigenvalue weighted by Crippen LogP contribution is 2.26. The molecule has 4 heterocycles. The van der Waals surface area contributed by atoms with Gasteiger partial charge >= 0.3 is 17.9 Å². The molecule has 0 unspecified atom stereocenters.